The van der Waals surface area contributed by atoms with Gasteiger partial charge in [0.2, 0.25) is 0 Å². The Kier molecular flexibility index (Phi) is 4.02. The molecular weight excluding hydrogens is 286 g/mol. The van der Waals surface area contributed by atoms with Crippen molar-refractivity contribution < 1.29 is 0 Å². The first-order valence-electron chi connectivity index (χ1n) is 7.51. The van der Waals surface area contributed by atoms with Crippen molar-refractivity contribution in [3.8, 4) is 6.07 Å². The fraction of sp³-hybridized carbons (Fsp3) is 0.588. The van der Waals surface area contributed by atoms with E-state index in [-0.39, 0.29) is 4.75 Å². The molecule has 2 fully saturated rings. The highest BCUT2D eigenvalue weighted by Gasteiger charge is 2.55. The zero-order valence-electron chi connectivity index (χ0n) is 11.7. The van der Waals surface area contributed by atoms with Crippen molar-refractivity contribution in [2.45, 2.75) is 61.0 Å². The Labute approximate surface area is 130 Å². The summed E-state index contributed by atoms with van der Waals surface area (Å²) in [6.45, 7) is 0. The fourth-order valence-electron chi connectivity index (χ4n) is 3.92. The molecule has 0 radical (unpaired) electrons. The second-order valence-corrected chi connectivity index (χ2v) is 8.33. The summed E-state index contributed by atoms with van der Waals surface area (Å²) < 4.78 is -0.213. The molecule has 0 N–H and O–H groups in total. The molecule has 20 heavy (non-hydrogen) atoms. The van der Waals surface area contributed by atoms with Crippen molar-refractivity contribution in [2.75, 3.05) is 0 Å². The van der Waals surface area contributed by atoms with E-state index in [1.807, 2.05) is 18.2 Å². The lowest BCUT2D eigenvalue weighted by Gasteiger charge is -2.52. The number of nitrogens with zero attached hydrogens (tertiary/aromatic N) is 1. The van der Waals surface area contributed by atoms with Gasteiger partial charge in [-0.2, -0.15) is 5.26 Å². The van der Waals surface area contributed by atoms with Crippen LogP contribution in [0.5, 0.6) is 0 Å². The molecular formula is C17H20ClNS. The topological polar surface area (TPSA) is 23.8 Å². The van der Waals surface area contributed by atoms with Crippen LogP contribution in [0.15, 0.2) is 29.2 Å². The van der Waals surface area contributed by atoms with Crippen LogP contribution in [-0.2, 0) is 0 Å². The predicted molar refractivity (Wildman–Crippen MR) is 85.0 cm³/mol. The van der Waals surface area contributed by atoms with Gasteiger partial charge in [0.05, 0.1) is 6.07 Å². The molecule has 0 unspecified atom stereocenters. The molecule has 1 aromatic rings. The van der Waals surface area contributed by atoms with Gasteiger partial charge in [-0.15, -0.1) is 11.8 Å². The highest BCUT2D eigenvalue weighted by molar-refractivity contribution is 8.01. The Morgan fingerprint density at radius 2 is 1.80 bits per heavy atom. The van der Waals surface area contributed by atoms with Gasteiger partial charge in [0.25, 0.3) is 0 Å². The molecule has 0 heterocycles. The third-order valence-corrected chi connectivity index (χ3v) is 6.29. The molecule has 1 nitrogen and oxygen atoms in total. The Balaban J connectivity index is 1.71. The largest absolute Gasteiger partial charge is 0.197 e. The molecule has 0 aromatic heterocycles. The average Bonchev–Trinajstić information content (AvgIpc) is 2.63. The molecule has 3 rings (SSSR count). The summed E-state index contributed by atoms with van der Waals surface area (Å²) in [6, 6.07) is 10.5. The van der Waals surface area contributed by atoms with Gasteiger partial charge in [-0.05, 0) is 49.3 Å². The van der Waals surface area contributed by atoms with E-state index in [1.54, 1.807) is 11.8 Å². The van der Waals surface area contributed by atoms with E-state index in [1.165, 1.54) is 38.5 Å². The molecule has 0 amide bonds. The first-order valence-corrected chi connectivity index (χ1v) is 8.71. The second-order valence-electron chi connectivity index (χ2n) is 6.43. The van der Waals surface area contributed by atoms with Crippen LogP contribution >= 0.6 is 23.4 Å². The lowest BCUT2D eigenvalue weighted by atomic mass is 9.58. The SMILES string of the molecule is N#CC1(Sc2cccc(Cl)c2)CC2(CCCCCC2)C1. The van der Waals surface area contributed by atoms with Gasteiger partial charge >= 0.3 is 0 Å². The van der Waals surface area contributed by atoms with E-state index in [4.69, 9.17) is 11.6 Å². The van der Waals surface area contributed by atoms with Gasteiger partial charge in [-0.3, -0.25) is 0 Å². The minimum atomic E-state index is -0.213. The third-order valence-electron chi connectivity index (χ3n) is 4.80. The molecule has 0 aliphatic heterocycles. The second kappa shape index (κ2) is 5.62. The maximum atomic E-state index is 9.65. The van der Waals surface area contributed by atoms with Crippen LogP contribution < -0.4 is 0 Å². The molecule has 106 valence electrons. The summed E-state index contributed by atoms with van der Waals surface area (Å²) in [5.41, 5.74) is 0.470. The summed E-state index contributed by atoms with van der Waals surface area (Å²) in [7, 11) is 0. The Morgan fingerprint density at radius 3 is 2.40 bits per heavy atom. The number of hydrogen-bond acceptors (Lipinski definition) is 2. The highest BCUT2D eigenvalue weighted by atomic mass is 35.5. The van der Waals surface area contributed by atoms with Gasteiger partial charge in [-0.25, -0.2) is 0 Å². The number of rotatable bonds is 2. The van der Waals surface area contributed by atoms with Crippen LogP contribution in [0.4, 0.5) is 0 Å². The molecule has 1 spiro atoms. The van der Waals surface area contributed by atoms with Crippen LogP contribution in [0.2, 0.25) is 5.02 Å². The maximum Gasteiger partial charge on any atom is 0.108 e. The molecule has 0 atom stereocenters. The monoisotopic (exact) mass is 305 g/mol. The van der Waals surface area contributed by atoms with Gasteiger partial charge in [0.1, 0.15) is 4.75 Å². The van der Waals surface area contributed by atoms with E-state index < -0.39 is 0 Å². The van der Waals surface area contributed by atoms with Gasteiger partial charge < -0.3 is 0 Å². The lowest BCUT2D eigenvalue weighted by Crippen LogP contribution is -2.48. The number of halogens is 1. The van der Waals surface area contributed by atoms with Crippen LogP contribution in [0, 0.1) is 16.7 Å². The summed E-state index contributed by atoms with van der Waals surface area (Å²) in [5, 5.41) is 10.4. The number of hydrogen-bond donors (Lipinski definition) is 0. The molecule has 3 heteroatoms. The summed E-state index contributed by atoms with van der Waals surface area (Å²) in [5.74, 6) is 0. The van der Waals surface area contributed by atoms with Gasteiger partial charge in [-0.1, -0.05) is 43.4 Å². The molecule has 0 saturated heterocycles. The molecule has 1 aromatic carbocycles. The fourth-order valence-corrected chi connectivity index (χ4v) is 5.76. The van der Waals surface area contributed by atoms with Gasteiger partial charge in [0, 0.05) is 9.92 Å². The number of nitriles is 1. The minimum absolute atomic E-state index is 0.213. The number of benzene rings is 1. The zero-order valence-corrected chi connectivity index (χ0v) is 13.3. The van der Waals surface area contributed by atoms with Crippen molar-refractivity contribution >= 4 is 23.4 Å². The molecule has 2 saturated carbocycles. The maximum absolute atomic E-state index is 9.65. The number of thioether (sulfide) groups is 1. The van der Waals surface area contributed by atoms with E-state index in [0.717, 1.165) is 22.8 Å². The van der Waals surface area contributed by atoms with Crippen molar-refractivity contribution in [3.05, 3.63) is 29.3 Å². The van der Waals surface area contributed by atoms with E-state index in [9.17, 15) is 5.26 Å². The standard InChI is InChI=1S/C17H20ClNS/c18-14-6-5-7-15(10-14)20-17(13-19)11-16(12-17)8-3-1-2-4-9-16/h5-7,10H,1-4,8-9,11-12H2. The molecule has 2 aliphatic carbocycles. The van der Waals surface area contributed by atoms with Crippen molar-refractivity contribution in [3.63, 3.8) is 0 Å². The van der Waals surface area contributed by atoms with Gasteiger partial charge in [0.15, 0.2) is 0 Å². The average molecular weight is 306 g/mol. The lowest BCUT2D eigenvalue weighted by molar-refractivity contribution is 0.0882. The summed E-state index contributed by atoms with van der Waals surface area (Å²) >= 11 is 7.77. The highest BCUT2D eigenvalue weighted by Crippen LogP contribution is 2.62. The summed E-state index contributed by atoms with van der Waals surface area (Å²) in [6.07, 6.45) is 10.2. The Bertz CT molecular complexity index is 518. The van der Waals surface area contributed by atoms with Crippen LogP contribution in [0.1, 0.15) is 51.4 Å². The van der Waals surface area contributed by atoms with Crippen molar-refractivity contribution in [1.29, 1.82) is 5.26 Å². The minimum Gasteiger partial charge on any atom is -0.197 e. The van der Waals surface area contributed by atoms with Crippen LogP contribution in [-0.4, -0.2) is 4.75 Å². The first kappa shape index (κ1) is 14.3. The normalized spacial score (nSPS) is 23.6. The van der Waals surface area contributed by atoms with Crippen LogP contribution in [0.25, 0.3) is 0 Å². The smallest absolute Gasteiger partial charge is 0.108 e. The van der Waals surface area contributed by atoms with E-state index in [2.05, 4.69) is 12.1 Å². The van der Waals surface area contributed by atoms with Crippen LogP contribution in [0.3, 0.4) is 0 Å². The van der Waals surface area contributed by atoms with E-state index >= 15 is 0 Å². The predicted octanol–water partition coefficient (Wildman–Crippen LogP) is 5.83. The Morgan fingerprint density at radius 1 is 1.10 bits per heavy atom. The third kappa shape index (κ3) is 2.85. The molecule has 2 aliphatic rings. The first-order chi connectivity index (χ1) is 9.65. The molecule has 0 bridgehead atoms. The quantitative estimate of drug-likeness (QED) is 0.686. The Hall–Kier alpha value is -0.650. The zero-order chi connectivity index (χ0) is 14.1. The van der Waals surface area contributed by atoms with Crippen molar-refractivity contribution in [2.24, 2.45) is 5.41 Å². The summed E-state index contributed by atoms with van der Waals surface area (Å²) in [4.78, 5) is 1.13. The van der Waals surface area contributed by atoms with Crippen molar-refractivity contribution in [1.82, 2.24) is 0 Å². The van der Waals surface area contributed by atoms with E-state index in [0.29, 0.717) is 5.41 Å².